The molecule has 0 radical (unpaired) electrons. The second-order valence-electron chi connectivity index (χ2n) is 8.66. The first-order chi connectivity index (χ1) is 16.4. The van der Waals surface area contributed by atoms with Crippen molar-refractivity contribution in [1.29, 1.82) is 0 Å². The number of fused-ring (bicyclic) bond motifs is 2. The Morgan fingerprint density at radius 1 is 1.03 bits per heavy atom. The molecule has 3 aromatic rings. The Kier molecular flexibility index (Phi) is 5.75. The van der Waals surface area contributed by atoms with Gasteiger partial charge in [-0.2, -0.15) is 0 Å². The van der Waals surface area contributed by atoms with Crippen molar-refractivity contribution in [3.05, 3.63) is 66.2 Å². The largest absolute Gasteiger partial charge is 0.491 e. The third-order valence-electron chi connectivity index (χ3n) is 6.16. The van der Waals surface area contributed by atoms with E-state index in [1.54, 1.807) is 25.1 Å². The molecule has 1 saturated heterocycles. The molecule has 2 aliphatic rings. The van der Waals surface area contributed by atoms with E-state index in [0.29, 0.717) is 36.0 Å². The summed E-state index contributed by atoms with van der Waals surface area (Å²) in [6, 6.07) is 18.2. The van der Waals surface area contributed by atoms with E-state index in [4.69, 9.17) is 14.2 Å². The minimum atomic E-state index is -1.28. The Bertz CT molecular complexity index is 1240. The lowest BCUT2D eigenvalue weighted by molar-refractivity contribution is -0.132. The Morgan fingerprint density at radius 3 is 2.62 bits per heavy atom. The fourth-order valence-electron chi connectivity index (χ4n) is 4.25. The van der Waals surface area contributed by atoms with Gasteiger partial charge in [-0.15, -0.1) is 0 Å². The van der Waals surface area contributed by atoms with Crippen molar-refractivity contribution < 1.29 is 28.9 Å². The van der Waals surface area contributed by atoms with Gasteiger partial charge in [-0.3, -0.25) is 9.69 Å². The maximum atomic E-state index is 13.2. The van der Waals surface area contributed by atoms with Crippen LogP contribution >= 0.6 is 0 Å². The number of β-amino-alcohol motifs (C(OH)–C–C–N with tert-alkyl or cyclic N) is 1. The summed E-state index contributed by atoms with van der Waals surface area (Å²) in [5, 5.41) is 15.4. The molecule has 0 aliphatic carbocycles. The number of hydrogen-bond acceptors (Lipinski definition) is 6. The van der Waals surface area contributed by atoms with E-state index in [-0.39, 0.29) is 13.2 Å². The number of nitrogens with one attached hydrogen (secondary N) is 1. The van der Waals surface area contributed by atoms with Gasteiger partial charge in [0.2, 0.25) is 0 Å². The molecular formula is C26H26N2O6. The lowest BCUT2D eigenvalue weighted by Gasteiger charge is -2.24. The average Bonchev–Trinajstić information content (AvgIpc) is 3.01. The van der Waals surface area contributed by atoms with Gasteiger partial charge in [0.05, 0.1) is 19.8 Å². The number of aliphatic hydroxyl groups is 1. The van der Waals surface area contributed by atoms with Crippen LogP contribution in [0.3, 0.4) is 0 Å². The van der Waals surface area contributed by atoms with Crippen molar-refractivity contribution in [3.63, 3.8) is 0 Å². The van der Waals surface area contributed by atoms with Gasteiger partial charge in [0.1, 0.15) is 24.0 Å². The standard InChI is InChI=1S/C26H26N2O6/c1-26(19-8-10-22-23(14-19)33-12-4-11-32-22)24(30)28(25(31)27-26)15-20(29)16-34-21-9-7-17-5-2-3-6-18(17)13-21/h2-3,5-10,13-14,20,29H,4,11-12,15-16H2,1H3,(H,27,31). The molecule has 5 rings (SSSR count). The number of benzene rings is 3. The number of urea groups is 1. The number of rotatable bonds is 6. The molecule has 2 unspecified atom stereocenters. The van der Waals surface area contributed by atoms with Crippen molar-refractivity contribution in [1.82, 2.24) is 10.2 Å². The Balaban J connectivity index is 1.26. The molecule has 0 bridgehead atoms. The maximum Gasteiger partial charge on any atom is 0.325 e. The van der Waals surface area contributed by atoms with Gasteiger partial charge in [-0.05, 0) is 47.5 Å². The van der Waals surface area contributed by atoms with E-state index < -0.39 is 23.6 Å². The molecule has 2 heterocycles. The predicted octanol–water partition coefficient (Wildman–Crippen LogP) is 3.21. The van der Waals surface area contributed by atoms with E-state index in [1.165, 1.54) is 0 Å². The highest BCUT2D eigenvalue weighted by molar-refractivity contribution is 6.07. The van der Waals surface area contributed by atoms with Crippen LogP contribution in [-0.4, -0.2) is 54.4 Å². The van der Waals surface area contributed by atoms with Crippen LogP contribution in [0.2, 0.25) is 0 Å². The molecule has 3 amide bonds. The highest BCUT2D eigenvalue weighted by Gasteiger charge is 2.49. The Morgan fingerprint density at radius 2 is 1.79 bits per heavy atom. The second kappa shape index (κ2) is 8.87. The van der Waals surface area contributed by atoms with E-state index in [1.807, 2.05) is 42.5 Å². The minimum absolute atomic E-state index is 0.0594. The Hall–Kier alpha value is -3.78. The third-order valence-corrected chi connectivity index (χ3v) is 6.16. The average molecular weight is 463 g/mol. The zero-order chi connectivity index (χ0) is 23.7. The lowest BCUT2D eigenvalue weighted by Crippen LogP contribution is -2.42. The molecule has 3 aromatic carbocycles. The van der Waals surface area contributed by atoms with Crippen molar-refractivity contribution in [2.24, 2.45) is 0 Å². The smallest absolute Gasteiger partial charge is 0.325 e. The highest BCUT2D eigenvalue weighted by atomic mass is 16.5. The van der Waals surface area contributed by atoms with Crippen LogP contribution < -0.4 is 19.5 Å². The summed E-state index contributed by atoms with van der Waals surface area (Å²) in [6.45, 7) is 2.48. The molecule has 8 nitrogen and oxygen atoms in total. The van der Waals surface area contributed by atoms with Gasteiger partial charge in [0.25, 0.3) is 5.91 Å². The topological polar surface area (TPSA) is 97.3 Å². The molecule has 2 N–H and O–H groups in total. The Labute approximate surface area is 197 Å². The SMILES string of the molecule is CC1(c2ccc3c(c2)OCCCO3)NC(=O)N(CC(O)COc2ccc3ccccc3c2)C1=O. The van der Waals surface area contributed by atoms with Crippen LogP contribution in [-0.2, 0) is 10.3 Å². The minimum Gasteiger partial charge on any atom is -0.491 e. The van der Waals surface area contributed by atoms with E-state index in [0.717, 1.165) is 22.1 Å². The first-order valence-electron chi connectivity index (χ1n) is 11.3. The molecule has 1 fully saturated rings. The van der Waals surface area contributed by atoms with Crippen LogP contribution in [0.5, 0.6) is 17.2 Å². The zero-order valence-electron chi connectivity index (χ0n) is 18.8. The molecule has 0 aromatic heterocycles. The van der Waals surface area contributed by atoms with Gasteiger partial charge in [0, 0.05) is 6.42 Å². The number of amides is 3. The van der Waals surface area contributed by atoms with Crippen LogP contribution in [0.25, 0.3) is 10.8 Å². The van der Waals surface area contributed by atoms with Crippen LogP contribution in [0.1, 0.15) is 18.9 Å². The van der Waals surface area contributed by atoms with Crippen LogP contribution in [0.4, 0.5) is 4.79 Å². The molecule has 2 aliphatic heterocycles. The molecule has 176 valence electrons. The summed E-state index contributed by atoms with van der Waals surface area (Å²) in [5.41, 5.74) is -0.694. The molecule has 2 atom stereocenters. The predicted molar refractivity (Wildman–Crippen MR) is 125 cm³/mol. The maximum absolute atomic E-state index is 13.2. The van der Waals surface area contributed by atoms with E-state index in [9.17, 15) is 14.7 Å². The van der Waals surface area contributed by atoms with E-state index in [2.05, 4.69) is 5.32 Å². The normalized spacial score (nSPS) is 20.7. The van der Waals surface area contributed by atoms with Crippen molar-refractivity contribution in [2.75, 3.05) is 26.4 Å². The fraction of sp³-hybridized carbons (Fsp3) is 0.308. The van der Waals surface area contributed by atoms with Crippen molar-refractivity contribution in [2.45, 2.75) is 25.0 Å². The first-order valence-corrected chi connectivity index (χ1v) is 11.3. The highest BCUT2D eigenvalue weighted by Crippen LogP contribution is 2.36. The monoisotopic (exact) mass is 462 g/mol. The summed E-state index contributed by atoms with van der Waals surface area (Å²) in [4.78, 5) is 26.9. The third kappa shape index (κ3) is 4.12. The number of aliphatic hydroxyl groups excluding tert-OH is 1. The van der Waals surface area contributed by atoms with Crippen LogP contribution in [0.15, 0.2) is 60.7 Å². The summed E-state index contributed by atoms with van der Waals surface area (Å²) >= 11 is 0. The van der Waals surface area contributed by atoms with E-state index >= 15 is 0 Å². The number of nitrogens with zero attached hydrogens (tertiary/aromatic N) is 1. The number of carbonyl (C=O) groups excluding carboxylic acids is 2. The van der Waals surface area contributed by atoms with Gasteiger partial charge >= 0.3 is 6.03 Å². The van der Waals surface area contributed by atoms with Gasteiger partial charge in [-0.25, -0.2) is 4.79 Å². The molecule has 8 heteroatoms. The number of ether oxygens (including phenoxy) is 3. The van der Waals surface area contributed by atoms with Gasteiger partial charge in [0.15, 0.2) is 11.5 Å². The van der Waals surface area contributed by atoms with Crippen LogP contribution in [0, 0.1) is 0 Å². The summed E-state index contributed by atoms with van der Waals surface area (Å²) in [7, 11) is 0. The number of carbonyl (C=O) groups is 2. The van der Waals surface area contributed by atoms with Gasteiger partial charge in [-0.1, -0.05) is 36.4 Å². The van der Waals surface area contributed by atoms with Crippen molar-refractivity contribution >= 4 is 22.7 Å². The lowest BCUT2D eigenvalue weighted by atomic mass is 9.91. The molecular weight excluding hydrogens is 436 g/mol. The molecule has 34 heavy (non-hydrogen) atoms. The first kappa shape index (κ1) is 22.0. The molecule has 0 spiro atoms. The quantitative estimate of drug-likeness (QED) is 0.546. The summed E-state index contributed by atoms with van der Waals surface area (Å²) in [5.74, 6) is 1.31. The number of imide groups is 1. The molecule has 0 saturated carbocycles. The van der Waals surface area contributed by atoms with Crippen molar-refractivity contribution in [3.8, 4) is 17.2 Å². The zero-order valence-corrected chi connectivity index (χ0v) is 18.8. The van der Waals surface area contributed by atoms with Gasteiger partial charge < -0.3 is 24.6 Å². The number of hydrogen-bond donors (Lipinski definition) is 2. The summed E-state index contributed by atoms with van der Waals surface area (Å²) in [6.07, 6.45) is -0.281. The second-order valence-corrected chi connectivity index (χ2v) is 8.66. The fourth-order valence-corrected chi connectivity index (χ4v) is 4.25. The summed E-state index contributed by atoms with van der Waals surface area (Å²) < 4.78 is 17.1.